The first kappa shape index (κ1) is 15.5. The van der Waals surface area contributed by atoms with Crippen LogP contribution in [-0.2, 0) is 6.54 Å². The maximum Gasteiger partial charge on any atom is 0.315 e. The minimum Gasteiger partial charge on any atom is -0.444 e. The Bertz CT molecular complexity index is 396. The standard InChI is InChI=1S/C13H23N3O3/c1-8(5-9(2)17)6-14-13(18)15-7-12-16-10(3)11(4)19-12/h8-9,17H,5-7H2,1-4H3,(H2,14,15,18). The predicted octanol–water partition coefficient (Wildman–Crippen LogP) is 1.50. The van der Waals surface area contributed by atoms with E-state index in [4.69, 9.17) is 4.42 Å². The number of hydrogen-bond donors (Lipinski definition) is 3. The SMILES string of the molecule is Cc1nc(CNC(=O)NCC(C)CC(C)O)oc1C. The van der Waals surface area contributed by atoms with Gasteiger partial charge in [0.05, 0.1) is 18.3 Å². The van der Waals surface area contributed by atoms with Crippen molar-refractivity contribution in [1.29, 1.82) is 0 Å². The van der Waals surface area contributed by atoms with Gasteiger partial charge in [-0.05, 0) is 33.1 Å². The number of aliphatic hydroxyl groups is 1. The Morgan fingerprint density at radius 3 is 2.58 bits per heavy atom. The molecule has 0 spiro atoms. The molecule has 6 heteroatoms. The van der Waals surface area contributed by atoms with Crippen LogP contribution < -0.4 is 10.6 Å². The van der Waals surface area contributed by atoms with E-state index in [9.17, 15) is 9.90 Å². The predicted molar refractivity (Wildman–Crippen MR) is 71.7 cm³/mol. The first-order valence-electron chi connectivity index (χ1n) is 6.51. The molecule has 19 heavy (non-hydrogen) atoms. The molecule has 1 aromatic rings. The number of nitrogens with zero attached hydrogens (tertiary/aromatic N) is 1. The van der Waals surface area contributed by atoms with Gasteiger partial charge in [0, 0.05) is 6.54 Å². The quantitative estimate of drug-likeness (QED) is 0.730. The monoisotopic (exact) mass is 269 g/mol. The van der Waals surface area contributed by atoms with Gasteiger partial charge in [-0.1, -0.05) is 6.92 Å². The Morgan fingerprint density at radius 2 is 2.05 bits per heavy atom. The molecule has 0 fully saturated rings. The molecular formula is C13H23N3O3. The average Bonchev–Trinajstić information content (AvgIpc) is 2.63. The number of aromatic nitrogens is 1. The maximum atomic E-state index is 11.5. The zero-order valence-electron chi connectivity index (χ0n) is 12.0. The lowest BCUT2D eigenvalue weighted by molar-refractivity contribution is 0.163. The molecule has 108 valence electrons. The van der Waals surface area contributed by atoms with E-state index in [1.165, 1.54) is 0 Å². The highest BCUT2D eigenvalue weighted by atomic mass is 16.4. The van der Waals surface area contributed by atoms with Crippen molar-refractivity contribution in [2.75, 3.05) is 6.54 Å². The van der Waals surface area contributed by atoms with Crippen molar-refractivity contribution in [2.45, 2.75) is 46.8 Å². The summed E-state index contributed by atoms with van der Waals surface area (Å²) < 4.78 is 5.36. The summed E-state index contributed by atoms with van der Waals surface area (Å²) >= 11 is 0. The Balaban J connectivity index is 2.24. The van der Waals surface area contributed by atoms with E-state index in [0.717, 1.165) is 11.5 Å². The van der Waals surface area contributed by atoms with Crippen molar-refractivity contribution < 1.29 is 14.3 Å². The third-order valence-corrected chi connectivity index (χ3v) is 2.83. The van der Waals surface area contributed by atoms with E-state index in [1.807, 2.05) is 20.8 Å². The number of aliphatic hydroxyl groups excluding tert-OH is 1. The van der Waals surface area contributed by atoms with Gasteiger partial charge in [-0.15, -0.1) is 0 Å². The number of oxazole rings is 1. The van der Waals surface area contributed by atoms with Crippen LogP contribution in [0.25, 0.3) is 0 Å². The smallest absolute Gasteiger partial charge is 0.315 e. The van der Waals surface area contributed by atoms with Crippen LogP contribution in [0.4, 0.5) is 4.79 Å². The second kappa shape index (κ2) is 7.13. The molecule has 2 atom stereocenters. The van der Waals surface area contributed by atoms with Gasteiger partial charge in [0.1, 0.15) is 5.76 Å². The summed E-state index contributed by atoms with van der Waals surface area (Å²) in [5.74, 6) is 1.50. The molecule has 0 aliphatic heterocycles. The van der Waals surface area contributed by atoms with Crippen LogP contribution in [0.15, 0.2) is 4.42 Å². The lowest BCUT2D eigenvalue weighted by Crippen LogP contribution is -2.37. The van der Waals surface area contributed by atoms with E-state index in [0.29, 0.717) is 18.9 Å². The lowest BCUT2D eigenvalue weighted by atomic mass is 10.1. The molecule has 6 nitrogen and oxygen atoms in total. The summed E-state index contributed by atoms with van der Waals surface area (Å²) in [5, 5.41) is 14.6. The number of carbonyl (C=O) groups is 1. The number of amides is 2. The van der Waals surface area contributed by atoms with Gasteiger partial charge in [-0.2, -0.15) is 0 Å². The molecule has 2 unspecified atom stereocenters. The van der Waals surface area contributed by atoms with Gasteiger partial charge in [-0.3, -0.25) is 0 Å². The van der Waals surface area contributed by atoms with Crippen molar-refractivity contribution in [3.8, 4) is 0 Å². The largest absolute Gasteiger partial charge is 0.444 e. The van der Waals surface area contributed by atoms with Crippen molar-refractivity contribution in [3.63, 3.8) is 0 Å². The summed E-state index contributed by atoms with van der Waals surface area (Å²) in [4.78, 5) is 15.7. The van der Waals surface area contributed by atoms with Gasteiger partial charge >= 0.3 is 6.03 Å². The molecular weight excluding hydrogens is 246 g/mol. The van der Waals surface area contributed by atoms with Crippen LogP contribution in [0.5, 0.6) is 0 Å². The van der Waals surface area contributed by atoms with Gasteiger partial charge in [0.25, 0.3) is 0 Å². The minimum absolute atomic E-state index is 0.233. The number of rotatable bonds is 6. The fraction of sp³-hybridized carbons (Fsp3) is 0.692. The van der Waals surface area contributed by atoms with E-state index in [-0.39, 0.29) is 24.6 Å². The molecule has 0 bridgehead atoms. The summed E-state index contributed by atoms with van der Waals surface area (Å²) in [7, 11) is 0. The van der Waals surface area contributed by atoms with Crippen LogP contribution in [0.2, 0.25) is 0 Å². The summed E-state index contributed by atoms with van der Waals surface area (Å²) in [6.45, 7) is 8.22. The van der Waals surface area contributed by atoms with Crippen LogP contribution in [0.1, 0.15) is 37.6 Å². The molecule has 0 aromatic carbocycles. The summed E-state index contributed by atoms with van der Waals surface area (Å²) in [5.41, 5.74) is 0.836. The fourth-order valence-corrected chi connectivity index (χ4v) is 1.77. The molecule has 0 aliphatic carbocycles. The number of carbonyl (C=O) groups excluding carboxylic acids is 1. The van der Waals surface area contributed by atoms with Gasteiger partial charge in [-0.25, -0.2) is 9.78 Å². The second-order valence-electron chi connectivity index (χ2n) is 5.00. The third-order valence-electron chi connectivity index (χ3n) is 2.83. The third kappa shape index (κ3) is 5.74. The topological polar surface area (TPSA) is 87.4 Å². The second-order valence-corrected chi connectivity index (χ2v) is 5.00. The first-order valence-corrected chi connectivity index (χ1v) is 6.51. The number of hydrogen-bond acceptors (Lipinski definition) is 4. The van der Waals surface area contributed by atoms with Crippen molar-refractivity contribution in [3.05, 3.63) is 17.3 Å². The van der Waals surface area contributed by atoms with Crippen LogP contribution >= 0.6 is 0 Å². The van der Waals surface area contributed by atoms with Crippen molar-refractivity contribution in [1.82, 2.24) is 15.6 Å². The molecule has 1 rings (SSSR count). The van der Waals surface area contributed by atoms with E-state index in [2.05, 4.69) is 15.6 Å². The van der Waals surface area contributed by atoms with Crippen molar-refractivity contribution >= 4 is 6.03 Å². The van der Waals surface area contributed by atoms with E-state index in [1.54, 1.807) is 6.92 Å². The average molecular weight is 269 g/mol. The molecule has 0 saturated heterocycles. The van der Waals surface area contributed by atoms with E-state index >= 15 is 0 Å². The van der Waals surface area contributed by atoms with Crippen LogP contribution in [0, 0.1) is 19.8 Å². The highest BCUT2D eigenvalue weighted by Crippen LogP contribution is 2.07. The summed E-state index contributed by atoms with van der Waals surface area (Å²) in [6.07, 6.45) is 0.316. The zero-order valence-corrected chi connectivity index (χ0v) is 12.0. The van der Waals surface area contributed by atoms with Gasteiger partial charge in [0.15, 0.2) is 0 Å². The van der Waals surface area contributed by atoms with Gasteiger partial charge < -0.3 is 20.2 Å². The molecule has 2 amide bonds. The zero-order chi connectivity index (χ0) is 14.4. The Kier molecular flexibility index (Phi) is 5.82. The van der Waals surface area contributed by atoms with E-state index < -0.39 is 0 Å². The number of urea groups is 1. The Hall–Kier alpha value is -1.56. The normalized spacial score (nSPS) is 13.9. The van der Waals surface area contributed by atoms with Crippen LogP contribution in [0.3, 0.4) is 0 Å². The van der Waals surface area contributed by atoms with Crippen LogP contribution in [-0.4, -0.2) is 28.8 Å². The first-order chi connectivity index (χ1) is 8.88. The molecule has 0 saturated carbocycles. The summed E-state index contributed by atoms with van der Waals surface area (Å²) in [6, 6.07) is -0.258. The van der Waals surface area contributed by atoms with Crippen molar-refractivity contribution in [2.24, 2.45) is 5.92 Å². The molecule has 1 heterocycles. The molecule has 1 aromatic heterocycles. The molecule has 0 aliphatic rings. The molecule has 0 radical (unpaired) electrons. The fourth-order valence-electron chi connectivity index (χ4n) is 1.77. The Morgan fingerprint density at radius 1 is 1.37 bits per heavy atom. The highest BCUT2D eigenvalue weighted by molar-refractivity contribution is 5.73. The number of nitrogens with one attached hydrogen (secondary N) is 2. The highest BCUT2D eigenvalue weighted by Gasteiger charge is 2.09. The molecule has 3 N–H and O–H groups in total. The van der Waals surface area contributed by atoms with Gasteiger partial charge in [0.2, 0.25) is 5.89 Å². The number of aryl methyl sites for hydroxylation is 2. The lowest BCUT2D eigenvalue weighted by Gasteiger charge is -2.14. The minimum atomic E-state index is -0.349. The maximum absolute atomic E-state index is 11.5. The Labute approximate surface area is 113 Å².